The van der Waals surface area contributed by atoms with E-state index in [1.54, 1.807) is 20.9 Å². The van der Waals surface area contributed by atoms with Crippen LogP contribution in [0.3, 0.4) is 0 Å². The van der Waals surface area contributed by atoms with Crippen molar-refractivity contribution in [2.45, 2.75) is 26.2 Å². The fourth-order valence-corrected chi connectivity index (χ4v) is 2.59. The second kappa shape index (κ2) is 6.42. The molecular formula is C15H20N4O5. The molecule has 2 heterocycles. The number of hydrogen-bond acceptors (Lipinski definition) is 8. The van der Waals surface area contributed by atoms with Crippen LogP contribution in [0.25, 0.3) is 0 Å². The quantitative estimate of drug-likeness (QED) is 0.711. The van der Waals surface area contributed by atoms with Gasteiger partial charge in [0.2, 0.25) is 0 Å². The standard InChI is InChI=1S/C15H20N4O5/c1-6-23-13(21)11-15(3,14(22)24-7-2)10-9(18(4)17-11)8-16-19(5)12(10)20/h8H,6-7H2,1-5H3. The molecule has 0 saturated carbocycles. The van der Waals surface area contributed by atoms with E-state index in [-0.39, 0.29) is 24.5 Å². The number of hydrogen-bond donors (Lipinski definition) is 0. The second-order valence-electron chi connectivity index (χ2n) is 5.37. The molecule has 0 spiro atoms. The Morgan fingerprint density at radius 2 is 1.83 bits per heavy atom. The number of hydrazone groups is 1. The minimum atomic E-state index is -1.68. The van der Waals surface area contributed by atoms with E-state index in [9.17, 15) is 14.4 Å². The Morgan fingerprint density at radius 3 is 2.42 bits per heavy atom. The highest BCUT2D eigenvalue weighted by molar-refractivity contribution is 6.45. The highest BCUT2D eigenvalue weighted by Crippen LogP contribution is 2.36. The van der Waals surface area contributed by atoms with Crippen LogP contribution in [0.1, 0.15) is 26.3 Å². The number of ether oxygens (including phenoxy) is 2. The minimum absolute atomic E-state index is 0.0824. The second-order valence-corrected chi connectivity index (χ2v) is 5.37. The molecule has 9 nitrogen and oxygen atoms in total. The predicted molar refractivity (Wildman–Crippen MR) is 85.9 cm³/mol. The zero-order chi connectivity index (χ0) is 18.1. The van der Waals surface area contributed by atoms with E-state index in [0.29, 0.717) is 5.69 Å². The van der Waals surface area contributed by atoms with E-state index in [1.807, 2.05) is 0 Å². The number of nitrogens with zero attached hydrogens (tertiary/aromatic N) is 4. The van der Waals surface area contributed by atoms with Crippen molar-refractivity contribution < 1.29 is 19.1 Å². The van der Waals surface area contributed by atoms with Crippen molar-refractivity contribution in [3.63, 3.8) is 0 Å². The van der Waals surface area contributed by atoms with Crippen LogP contribution >= 0.6 is 0 Å². The summed E-state index contributed by atoms with van der Waals surface area (Å²) in [5, 5.41) is 9.43. The van der Waals surface area contributed by atoms with Crippen LogP contribution in [0.4, 0.5) is 5.69 Å². The number of carbonyl (C=O) groups is 2. The molecule has 1 aliphatic rings. The van der Waals surface area contributed by atoms with Gasteiger partial charge in [-0.25, -0.2) is 9.48 Å². The number of anilines is 1. The van der Waals surface area contributed by atoms with Gasteiger partial charge in [0.15, 0.2) is 5.71 Å². The lowest BCUT2D eigenvalue weighted by molar-refractivity contribution is -0.148. The summed E-state index contributed by atoms with van der Waals surface area (Å²) >= 11 is 0. The van der Waals surface area contributed by atoms with Crippen molar-refractivity contribution in [1.29, 1.82) is 0 Å². The molecule has 0 aliphatic carbocycles. The summed E-state index contributed by atoms with van der Waals surface area (Å²) in [5.41, 5.74) is -1.96. The largest absolute Gasteiger partial charge is 0.465 e. The first-order valence-electron chi connectivity index (χ1n) is 7.52. The van der Waals surface area contributed by atoms with Gasteiger partial charge in [0, 0.05) is 14.1 Å². The Morgan fingerprint density at radius 1 is 1.21 bits per heavy atom. The molecule has 130 valence electrons. The fourth-order valence-electron chi connectivity index (χ4n) is 2.59. The van der Waals surface area contributed by atoms with E-state index >= 15 is 0 Å². The van der Waals surface area contributed by atoms with Gasteiger partial charge in [-0.1, -0.05) is 0 Å². The summed E-state index contributed by atoms with van der Waals surface area (Å²) in [5.74, 6) is -1.51. The smallest absolute Gasteiger partial charge is 0.356 e. The first kappa shape index (κ1) is 17.6. The zero-order valence-electron chi connectivity index (χ0n) is 14.3. The maximum Gasteiger partial charge on any atom is 0.356 e. The molecule has 1 aromatic heterocycles. The molecule has 0 N–H and O–H groups in total. The normalized spacial score (nSPS) is 19.4. The summed E-state index contributed by atoms with van der Waals surface area (Å²) in [6.45, 7) is 4.93. The van der Waals surface area contributed by atoms with Crippen LogP contribution < -0.4 is 10.6 Å². The van der Waals surface area contributed by atoms with Gasteiger partial charge in [0.1, 0.15) is 5.41 Å². The number of carbonyl (C=O) groups excluding carboxylic acids is 2. The average Bonchev–Trinajstić information content (AvgIpc) is 2.53. The number of aryl methyl sites for hydroxylation is 1. The molecule has 0 saturated heterocycles. The molecule has 1 aromatic rings. The van der Waals surface area contributed by atoms with Gasteiger partial charge in [-0.2, -0.15) is 10.2 Å². The van der Waals surface area contributed by atoms with Crippen molar-refractivity contribution >= 4 is 23.3 Å². The first-order valence-corrected chi connectivity index (χ1v) is 7.52. The zero-order valence-corrected chi connectivity index (χ0v) is 14.3. The number of aromatic nitrogens is 2. The van der Waals surface area contributed by atoms with Crippen molar-refractivity contribution in [3.8, 4) is 0 Å². The van der Waals surface area contributed by atoms with E-state index < -0.39 is 22.9 Å². The van der Waals surface area contributed by atoms with Gasteiger partial charge < -0.3 is 9.47 Å². The lowest BCUT2D eigenvalue weighted by Crippen LogP contribution is -2.54. The molecule has 24 heavy (non-hydrogen) atoms. The molecule has 2 rings (SSSR count). The van der Waals surface area contributed by atoms with Gasteiger partial charge in [-0.15, -0.1) is 0 Å². The highest BCUT2D eigenvalue weighted by atomic mass is 16.5. The molecule has 0 amide bonds. The number of rotatable bonds is 4. The number of esters is 2. The molecule has 1 aliphatic heterocycles. The third kappa shape index (κ3) is 2.55. The Hall–Kier alpha value is -2.71. The Balaban J connectivity index is 2.79. The van der Waals surface area contributed by atoms with Crippen LogP contribution in [-0.2, 0) is 31.5 Å². The van der Waals surface area contributed by atoms with Crippen LogP contribution in [0.15, 0.2) is 16.1 Å². The SMILES string of the molecule is CCOC(=O)C1=NN(C)c2cnn(C)c(=O)c2C1(C)C(=O)OCC. The third-order valence-electron chi connectivity index (χ3n) is 3.84. The first-order chi connectivity index (χ1) is 11.3. The maximum atomic E-state index is 12.7. The van der Waals surface area contributed by atoms with Gasteiger partial charge in [-0.3, -0.25) is 14.6 Å². The molecule has 0 radical (unpaired) electrons. The van der Waals surface area contributed by atoms with Crippen molar-refractivity contribution in [3.05, 3.63) is 22.1 Å². The summed E-state index contributed by atoms with van der Waals surface area (Å²) in [7, 11) is 3.02. The van der Waals surface area contributed by atoms with Crippen molar-refractivity contribution in [2.24, 2.45) is 12.1 Å². The van der Waals surface area contributed by atoms with E-state index in [2.05, 4.69) is 10.2 Å². The Labute approximate surface area is 138 Å². The summed E-state index contributed by atoms with van der Waals surface area (Å²) in [6, 6.07) is 0. The summed E-state index contributed by atoms with van der Waals surface area (Å²) in [6.07, 6.45) is 1.42. The fraction of sp³-hybridized carbons (Fsp3) is 0.533. The molecule has 0 fully saturated rings. The molecule has 0 bridgehead atoms. The topological polar surface area (TPSA) is 103 Å². The average molecular weight is 336 g/mol. The van der Waals surface area contributed by atoms with Crippen molar-refractivity contribution in [1.82, 2.24) is 9.78 Å². The van der Waals surface area contributed by atoms with Crippen molar-refractivity contribution in [2.75, 3.05) is 25.3 Å². The maximum absolute atomic E-state index is 12.7. The van der Waals surface area contributed by atoms with E-state index in [4.69, 9.17) is 9.47 Å². The van der Waals surface area contributed by atoms with E-state index in [0.717, 1.165) is 4.68 Å². The highest BCUT2D eigenvalue weighted by Gasteiger charge is 2.52. The Bertz CT molecular complexity index is 770. The van der Waals surface area contributed by atoms with Gasteiger partial charge in [-0.05, 0) is 20.8 Å². The van der Waals surface area contributed by atoms with Crippen LogP contribution in [0.5, 0.6) is 0 Å². The number of fused-ring (bicyclic) bond motifs is 1. The van der Waals surface area contributed by atoms with Gasteiger partial charge in [0.05, 0.1) is 30.7 Å². The molecule has 1 unspecified atom stereocenters. The molecule has 0 aromatic carbocycles. The lowest BCUT2D eigenvalue weighted by atomic mass is 9.76. The van der Waals surface area contributed by atoms with Crippen LogP contribution in [0.2, 0.25) is 0 Å². The Kier molecular flexibility index (Phi) is 4.72. The predicted octanol–water partition coefficient (Wildman–Crippen LogP) is -0.0300. The van der Waals surface area contributed by atoms with Gasteiger partial charge >= 0.3 is 11.9 Å². The monoisotopic (exact) mass is 336 g/mol. The minimum Gasteiger partial charge on any atom is -0.465 e. The van der Waals surface area contributed by atoms with Gasteiger partial charge in [0.25, 0.3) is 5.56 Å². The lowest BCUT2D eigenvalue weighted by Gasteiger charge is -2.35. The van der Waals surface area contributed by atoms with E-state index in [1.165, 1.54) is 25.2 Å². The third-order valence-corrected chi connectivity index (χ3v) is 3.84. The molecular weight excluding hydrogens is 316 g/mol. The summed E-state index contributed by atoms with van der Waals surface area (Å²) < 4.78 is 11.2. The van der Waals surface area contributed by atoms with Crippen LogP contribution in [0, 0.1) is 0 Å². The molecule has 9 heteroatoms. The molecule has 1 atom stereocenters. The summed E-state index contributed by atoms with van der Waals surface area (Å²) in [4.78, 5) is 37.7. The van der Waals surface area contributed by atoms with Crippen LogP contribution in [-0.4, -0.2) is 47.7 Å².